The van der Waals surface area contributed by atoms with Crippen LogP contribution in [-0.2, 0) is 0 Å². The molecule has 130 valence electrons. The Morgan fingerprint density at radius 3 is 2.96 bits per heavy atom. The summed E-state index contributed by atoms with van der Waals surface area (Å²) in [5, 5.41) is 7.84. The Labute approximate surface area is 150 Å². The van der Waals surface area contributed by atoms with Crippen LogP contribution in [0.15, 0.2) is 50.0 Å². The molecule has 0 saturated carbocycles. The molecule has 3 rings (SSSR count). The number of fused-ring (bicyclic) bond motifs is 1. The Morgan fingerprint density at radius 1 is 1.32 bits per heavy atom. The lowest BCUT2D eigenvalue weighted by Crippen LogP contribution is -2.03. The smallest absolute Gasteiger partial charge is 0.345 e. The summed E-state index contributed by atoms with van der Waals surface area (Å²) in [5.41, 5.74) is 5.42. The number of benzene rings is 1. The monoisotopic (exact) mass is 355 g/mol. The standard InChI is InChI=1S/C19H21N3O2S/c1-3-5-9-14(4-2)21-22-19-20-16(12-25-19)15-11-13-8-6-7-10-17(13)24-18(15)23/h6-8,10-12H,3-5,9H2,1-2H3,(H,20,22)/b21-14+. The third-order valence-electron chi connectivity index (χ3n) is 3.96. The highest BCUT2D eigenvalue weighted by Crippen LogP contribution is 2.25. The van der Waals surface area contributed by atoms with Crippen LogP contribution in [0, 0.1) is 0 Å². The number of hydrazone groups is 1. The number of unbranched alkanes of at least 4 members (excludes halogenated alkanes) is 1. The van der Waals surface area contributed by atoms with Crippen molar-refractivity contribution < 1.29 is 4.42 Å². The number of rotatable bonds is 7. The number of para-hydroxylation sites is 1. The number of nitrogens with one attached hydrogen (secondary N) is 1. The van der Waals surface area contributed by atoms with Gasteiger partial charge in [0.1, 0.15) is 5.58 Å². The zero-order valence-electron chi connectivity index (χ0n) is 14.4. The fourth-order valence-electron chi connectivity index (χ4n) is 2.51. The van der Waals surface area contributed by atoms with Crippen molar-refractivity contribution in [1.29, 1.82) is 0 Å². The van der Waals surface area contributed by atoms with Crippen molar-refractivity contribution in [1.82, 2.24) is 4.98 Å². The van der Waals surface area contributed by atoms with E-state index in [0.717, 1.165) is 36.8 Å². The molecule has 2 heterocycles. The minimum atomic E-state index is -0.378. The van der Waals surface area contributed by atoms with E-state index in [2.05, 4.69) is 29.4 Å². The summed E-state index contributed by atoms with van der Waals surface area (Å²) < 4.78 is 5.38. The Bertz CT molecular complexity index is 943. The number of nitrogens with zero attached hydrogens (tertiary/aromatic N) is 2. The van der Waals surface area contributed by atoms with E-state index >= 15 is 0 Å². The van der Waals surface area contributed by atoms with Crippen LogP contribution in [0.25, 0.3) is 22.2 Å². The lowest BCUT2D eigenvalue weighted by Gasteiger charge is -2.02. The summed E-state index contributed by atoms with van der Waals surface area (Å²) in [4.78, 5) is 16.7. The van der Waals surface area contributed by atoms with Crippen molar-refractivity contribution in [2.45, 2.75) is 39.5 Å². The molecule has 1 N–H and O–H groups in total. The molecule has 0 amide bonds. The molecule has 25 heavy (non-hydrogen) atoms. The van der Waals surface area contributed by atoms with Gasteiger partial charge in [-0.1, -0.05) is 38.5 Å². The first-order valence-electron chi connectivity index (χ1n) is 8.51. The van der Waals surface area contributed by atoms with Crippen LogP contribution in [0.2, 0.25) is 0 Å². The van der Waals surface area contributed by atoms with Gasteiger partial charge in [-0.25, -0.2) is 9.78 Å². The molecule has 6 heteroatoms. The van der Waals surface area contributed by atoms with Gasteiger partial charge in [0.25, 0.3) is 0 Å². The Kier molecular flexibility index (Phi) is 5.60. The van der Waals surface area contributed by atoms with Crippen molar-refractivity contribution in [2.75, 3.05) is 5.43 Å². The molecule has 5 nitrogen and oxygen atoms in total. The second-order valence-corrected chi connectivity index (χ2v) is 6.63. The summed E-state index contributed by atoms with van der Waals surface area (Å²) in [6, 6.07) is 9.28. The fraction of sp³-hybridized carbons (Fsp3) is 0.316. The predicted molar refractivity (Wildman–Crippen MR) is 104 cm³/mol. The summed E-state index contributed by atoms with van der Waals surface area (Å²) >= 11 is 1.42. The molecule has 0 aliphatic carbocycles. The van der Waals surface area contributed by atoms with E-state index in [1.54, 1.807) is 6.07 Å². The first-order valence-corrected chi connectivity index (χ1v) is 9.39. The molecule has 0 saturated heterocycles. The lowest BCUT2D eigenvalue weighted by atomic mass is 10.1. The van der Waals surface area contributed by atoms with Crippen LogP contribution in [0.4, 0.5) is 5.13 Å². The molecule has 0 aliphatic rings. The summed E-state index contributed by atoms with van der Waals surface area (Å²) in [6.45, 7) is 4.27. The summed E-state index contributed by atoms with van der Waals surface area (Å²) in [5.74, 6) is 0. The van der Waals surface area contributed by atoms with E-state index < -0.39 is 0 Å². The number of aromatic nitrogens is 1. The quantitative estimate of drug-likeness (QED) is 0.355. The van der Waals surface area contributed by atoms with Crippen LogP contribution in [-0.4, -0.2) is 10.7 Å². The van der Waals surface area contributed by atoms with Crippen molar-refractivity contribution in [3.8, 4) is 11.3 Å². The molecule has 0 atom stereocenters. The van der Waals surface area contributed by atoms with Gasteiger partial charge in [0.2, 0.25) is 5.13 Å². The minimum Gasteiger partial charge on any atom is -0.422 e. The van der Waals surface area contributed by atoms with Gasteiger partial charge in [-0.05, 0) is 31.4 Å². The molecule has 2 aromatic heterocycles. The zero-order chi connectivity index (χ0) is 17.6. The van der Waals surface area contributed by atoms with Gasteiger partial charge in [0.05, 0.1) is 11.3 Å². The molecule has 0 radical (unpaired) electrons. The summed E-state index contributed by atoms with van der Waals surface area (Å²) in [7, 11) is 0. The van der Waals surface area contributed by atoms with Crippen molar-refractivity contribution in [2.24, 2.45) is 5.10 Å². The number of anilines is 1. The maximum Gasteiger partial charge on any atom is 0.345 e. The molecule has 0 fully saturated rings. The molecule has 1 aromatic carbocycles. The third kappa shape index (κ3) is 4.14. The van der Waals surface area contributed by atoms with Crippen LogP contribution in [0.5, 0.6) is 0 Å². The molecular formula is C19H21N3O2S. The first kappa shape index (κ1) is 17.4. The van der Waals surface area contributed by atoms with Crippen molar-refractivity contribution in [3.63, 3.8) is 0 Å². The van der Waals surface area contributed by atoms with E-state index in [4.69, 9.17) is 4.42 Å². The topological polar surface area (TPSA) is 67.5 Å². The molecule has 0 spiro atoms. The first-order chi connectivity index (χ1) is 12.2. The fourth-order valence-corrected chi connectivity index (χ4v) is 3.16. The van der Waals surface area contributed by atoms with Crippen LogP contribution in [0.3, 0.4) is 0 Å². The Morgan fingerprint density at radius 2 is 2.16 bits per heavy atom. The molecule has 0 unspecified atom stereocenters. The number of hydrogen-bond donors (Lipinski definition) is 1. The number of thiazole rings is 1. The highest BCUT2D eigenvalue weighted by atomic mass is 32.1. The van der Waals surface area contributed by atoms with Crippen LogP contribution < -0.4 is 11.1 Å². The van der Waals surface area contributed by atoms with Gasteiger partial charge in [0, 0.05) is 16.5 Å². The van der Waals surface area contributed by atoms with Gasteiger partial charge in [-0.15, -0.1) is 11.3 Å². The van der Waals surface area contributed by atoms with Gasteiger partial charge in [-0.2, -0.15) is 5.10 Å². The SMILES string of the molecule is CCCC/C(CC)=N/Nc1nc(-c2cc3ccccc3oc2=O)cs1. The van der Waals surface area contributed by atoms with Crippen LogP contribution >= 0.6 is 11.3 Å². The number of hydrogen-bond acceptors (Lipinski definition) is 6. The molecule has 0 bridgehead atoms. The zero-order valence-corrected chi connectivity index (χ0v) is 15.2. The van der Waals surface area contributed by atoms with Gasteiger partial charge < -0.3 is 4.42 Å². The second kappa shape index (κ2) is 8.07. The van der Waals surface area contributed by atoms with E-state index in [0.29, 0.717) is 22.0 Å². The maximum absolute atomic E-state index is 12.2. The largest absolute Gasteiger partial charge is 0.422 e. The van der Waals surface area contributed by atoms with Crippen LogP contribution in [0.1, 0.15) is 39.5 Å². The molecule has 3 aromatic rings. The average molecular weight is 355 g/mol. The van der Waals surface area contributed by atoms with Crippen molar-refractivity contribution >= 4 is 33.1 Å². The maximum atomic E-state index is 12.2. The van der Waals surface area contributed by atoms with E-state index in [1.807, 2.05) is 29.6 Å². The molecular weight excluding hydrogens is 334 g/mol. The minimum absolute atomic E-state index is 0.378. The predicted octanol–water partition coefficient (Wildman–Crippen LogP) is 5.28. The molecule has 0 aliphatic heterocycles. The normalized spacial score (nSPS) is 11.8. The third-order valence-corrected chi connectivity index (χ3v) is 4.71. The average Bonchev–Trinajstić information content (AvgIpc) is 3.10. The van der Waals surface area contributed by atoms with Crippen molar-refractivity contribution in [3.05, 3.63) is 46.1 Å². The van der Waals surface area contributed by atoms with Gasteiger partial charge in [-0.3, -0.25) is 5.43 Å². The highest BCUT2D eigenvalue weighted by molar-refractivity contribution is 7.14. The van der Waals surface area contributed by atoms with E-state index in [1.165, 1.54) is 11.3 Å². The summed E-state index contributed by atoms with van der Waals surface area (Å²) in [6.07, 6.45) is 4.19. The highest BCUT2D eigenvalue weighted by Gasteiger charge is 2.11. The lowest BCUT2D eigenvalue weighted by molar-refractivity contribution is 0.563. The Hall–Kier alpha value is -2.47. The van der Waals surface area contributed by atoms with Gasteiger partial charge >= 0.3 is 5.63 Å². The van der Waals surface area contributed by atoms with E-state index in [9.17, 15) is 4.79 Å². The Balaban J connectivity index is 1.83. The van der Waals surface area contributed by atoms with Gasteiger partial charge in [0.15, 0.2) is 0 Å². The van der Waals surface area contributed by atoms with E-state index in [-0.39, 0.29) is 5.63 Å². The second-order valence-electron chi connectivity index (χ2n) is 5.77.